The third kappa shape index (κ3) is 5.13. The summed E-state index contributed by atoms with van der Waals surface area (Å²) in [5.74, 6) is 0.613. The Balaban J connectivity index is 1.44. The number of carbonyl (C=O) groups excluding carboxylic acids is 2. The molecular formula is C20H30N4O3. The summed E-state index contributed by atoms with van der Waals surface area (Å²) in [4.78, 5) is 28.8. The summed E-state index contributed by atoms with van der Waals surface area (Å²) in [7, 11) is 1.66. The molecule has 7 nitrogen and oxygen atoms in total. The molecule has 1 atom stereocenters. The predicted octanol–water partition coefficient (Wildman–Crippen LogP) is 1.97. The van der Waals surface area contributed by atoms with Crippen LogP contribution in [0.1, 0.15) is 32.6 Å². The average Bonchev–Trinajstić information content (AvgIpc) is 3.20. The zero-order valence-electron chi connectivity index (χ0n) is 16.2. The second kappa shape index (κ2) is 9.08. The minimum absolute atomic E-state index is 0.209. The molecular weight excluding hydrogens is 344 g/mol. The summed E-state index contributed by atoms with van der Waals surface area (Å²) in [5, 5.41) is 5.40. The van der Waals surface area contributed by atoms with Crippen LogP contribution in [-0.2, 0) is 4.79 Å². The summed E-state index contributed by atoms with van der Waals surface area (Å²) in [6.45, 7) is 5.12. The van der Waals surface area contributed by atoms with Crippen LogP contribution < -0.4 is 20.3 Å². The molecule has 0 radical (unpaired) electrons. The summed E-state index contributed by atoms with van der Waals surface area (Å²) in [6.07, 6.45) is 4.30. The highest BCUT2D eigenvalue weighted by Crippen LogP contribution is 2.21. The molecule has 2 aliphatic rings. The van der Waals surface area contributed by atoms with Gasteiger partial charge < -0.3 is 15.0 Å². The molecule has 0 aromatic heterocycles. The fourth-order valence-electron chi connectivity index (χ4n) is 3.83. The first-order valence-corrected chi connectivity index (χ1v) is 9.81. The Kier molecular flexibility index (Phi) is 6.55. The number of imide groups is 1. The van der Waals surface area contributed by atoms with E-state index in [2.05, 4.69) is 32.6 Å². The maximum Gasteiger partial charge on any atom is 0.321 e. The van der Waals surface area contributed by atoms with Crippen LogP contribution in [0.3, 0.4) is 0 Å². The van der Waals surface area contributed by atoms with Crippen LogP contribution in [0.2, 0.25) is 0 Å². The Morgan fingerprint density at radius 1 is 1.07 bits per heavy atom. The number of rotatable bonds is 5. The van der Waals surface area contributed by atoms with Crippen molar-refractivity contribution < 1.29 is 14.3 Å². The molecule has 27 heavy (non-hydrogen) atoms. The Labute approximate surface area is 161 Å². The molecule has 1 saturated carbocycles. The van der Waals surface area contributed by atoms with Gasteiger partial charge in [0.25, 0.3) is 0 Å². The summed E-state index contributed by atoms with van der Waals surface area (Å²) < 4.78 is 5.20. The van der Waals surface area contributed by atoms with Crippen molar-refractivity contribution in [2.24, 2.45) is 0 Å². The molecule has 0 unspecified atom stereocenters. The van der Waals surface area contributed by atoms with Gasteiger partial charge in [-0.15, -0.1) is 0 Å². The monoisotopic (exact) mass is 374 g/mol. The number of methoxy groups -OCH3 is 1. The lowest BCUT2D eigenvalue weighted by Gasteiger charge is -2.38. The van der Waals surface area contributed by atoms with E-state index in [-0.39, 0.29) is 24.0 Å². The molecule has 2 N–H and O–H groups in total. The Bertz CT molecular complexity index is 635. The second-order valence-corrected chi connectivity index (χ2v) is 7.34. The molecule has 1 aromatic carbocycles. The molecule has 1 saturated heterocycles. The van der Waals surface area contributed by atoms with Crippen LogP contribution in [0.5, 0.6) is 5.75 Å². The van der Waals surface area contributed by atoms with Crippen molar-refractivity contribution in [3.05, 3.63) is 24.3 Å². The number of carbonyl (C=O) groups is 2. The normalized spacial score (nSPS) is 19.6. The van der Waals surface area contributed by atoms with Crippen molar-refractivity contribution in [1.82, 2.24) is 15.5 Å². The first kappa shape index (κ1) is 19.5. The van der Waals surface area contributed by atoms with Gasteiger partial charge in [-0.1, -0.05) is 12.8 Å². The zero-order valence-corrected chi connectivity index (χ0v) is 16.2. The zero-order chi connectivity index (χ0) is 19.2. The van der Waals surface area contributed by atoms with Gasteiger partial charge in [-0.25, -0.2) is 4.79 Å². The Morgan fingerprint density at radius 2 is 1.70 bits per heavy atom. The molecule has 0 bridgehead atoms. The van der Waals surface area contributed by atoms with E-state index >= 15 is 0 Å². The van der Waals surface area contributed by atoms with E-state index in [4.69, 9.17) is 4.74 Å². The highest BCUT2D eigenvalue weighted by molar-refractivity contribution is 5.96. The number of hydrogen-bond acceptors (Lipinski definition) is 5. The summed E-state index contributed by atoms with van der Waals surface area (Å²) in [5.41, 5.74) is 1.16. The van der Waals surface area contributed by atoms with E-state index in [9.17, 15) is 9.59 Å². The number of anilines is 1. The van der Waals surface area contributed by atoms with Crippen LogP contribution in [0.25, 0.3) is 0 Å². The number of nitrogens with zero attached hydrogens (tertiary/aromatic N) is 2. The quantitative estimate of drug-likeness (QED) is 0.824. The van der Waals surface area contributed by atoms with Crippen LogP contribution >= 0.6 is 0 Å². The number of amides is 3. The van der Waals surface area contributed by atoms with Gasteiger partial charge in [0, 0.05) is 37.9 Å². The van der Waals surface area contributed by atoms with Crippen LogP contribution in [0.4, 0.5) is 10.5 Å². The van der Waals surface area contributed by atoms with Crippen molar-refractivity contribution in [2.75, 3.05) is 38.2 Å². The fraction of sp³-hybridized carbons (Fsp3) is 0.600. The number of nitrogens with one attached hydrogen (secondary N) is 2. The first-order valence-electron chi connectivity index (χ1n) is 9.81. The molecule has 3 rings (SSSR count). The lowest BCUT2D eigenvalue weighted by atomic mass is 10.2. The second-order valence-electron chi connectivity index (χ2n) is 7.34. The van der Waals surface area contributed by atoms with Gasteiger partial charge in [0.2, 0.25) is 5.91 Å². The summed E-state index contributed by atoms with van der Waals surface area (Å²) >= 11 is 0. The minimum Gasteiger partial charge on any atom is -0.497 e. The summed E-state index contributed by atoms with van der Waals surface area (Å²) in [6, 6.07) is 7.55. The van der Waals surface area contributed by atoms with Crippen LogP contribution in [-0.4, -0.2) is 62.2 Å². The van der Waals surface area contributed by atoms with Gasteiger partial charge in [-0.2, -0.15) is 0 Å². The highest BCUT2D eigenvalue weighted by Gasteiger charge is 2.27. The molecule has 1 aromatic rings. The largest absolute Gasteiger partial charge is 0.497 e. The van der Waals surface area contributed by atoms with Gasteiger partial charge >= 0.3 is 6.03 Å². The standard InChI is InChI=1S/C20H30N4O3/c1-15(19(25)22-20(26)21-16-5-3-4-6-16)23-11-13-24(14-12-23)17-7-9-18(27-2)10-8-17/h7-10,15-16H,3-6,11-14H2,1-2H3,(H2,21,22,25,26)/t15-/m0/s1. The number of urea groups is 1. The topological polar surface area (TPSA) is 73.9 Å². The predicted molar refractivity (Wildman–Crippen MR) is 105 cm³/mol. The van der Waals surface area contributed by atoms with Crippen LogP contribution in [0.15, 0.2) is 24.3 Å². The lowest BCUT2D eigenvalue weighted by Crippen LogP contribution is -2.56. The number of benzene rings is 1. The molecule has 1 heterocycles. The average molecular weight is 374 g/mol. The van der Waals surface area contributed by atoms with Gasteiger partial charge in [-0.05, 0) is 44.0 Å². The van der Waals surface area contributed by atoms with Crippen molar-refractivity contribution in [2.45, 2.75) is 44.7 Å². The van der Waals surface area contributed by atoms with E-state index in [1.807, 2.05) is 19.1 Å². The molecule has 7 heteroatoms. The minimum atomic E-state index is -0.365. The van der Waals surface area contributed by atoms with Crippen molar-refractivity contribution >= 4 is 17.6 Å². The SMILES string of the molecule is COc1ccc(N2CCN([C@@H](C)C(=O)NC(=O)NC3CCCC3)CC2)cc1. The number of piperazine rings is 1. The van der Waals surface area contributed by atoms with Gasteiger partial charge in [0.1, 0.15) is 5.75 Å². The number of ether oxygens (including phenoxy) is 1. The van der Waals surface area contributed by atoms with Gasteiger partial charge in [0.15, 0.2) is 0 Å². The maximum absolute atomic E-state index is 12.4. The van der Waals surface area contributed by atoms with Crippen molar-refractivity contribution in [3.63, 3.8) is 0 Å². The molecule has 2 fully saturated rings. The van der Waals surface area contributed by atoms with Gasteiger partial charge in [0.05, 0.1) is 13.2 Å². The lowest BCUT2D eigenvalue weighted by molar-refractivity contribution is -0.124. The van der Waals surface area contributed by atoms with E-state index in [0.717, 1.165) is 63.3 Å². The third-order valence-electron chi connectivity index (χ3n) is 5.61. The highest BCUT2D eigenvalue weighted by atomic mass is 16.5. The van der Waals surface area contributed by atoms with E-state index < -0.39 is 0 Å². The molecule has 1 aliphatic heterocycles. The molecule has 3 amide bonds. The Hall–Kier alpha value is -2.28. The molecule has 148 valence electrons. The van der Waals surface area contributed by atoms with E-state index in [1.54, 1.807) is 7.11 Å². The van der Waals surface area contributed by atoms with Gasteiger partial charge in [-0.3, -0.25) is 15.0 Å². The van der Waals surface area contributed by atoms with Crippen molar-refractivity contribution in [3.8, 4) is 5.75 Å². The maximum atomic E-state index is 12.4. The first-order chi connectivity index (χ1) is 13.1. The van der Waals surface area contributed by atoms with E-state index in [1.165, 1.54) is 0 Å². The van der Waals surface area contributed by atoms with Crippen LogP contribution in [0, 0.1) is 0 Å². The van der Waals surface area contributed by atoms with Crippen molar-refractivity contribution in [1.29, 1.82) is 0 Å². The smallest absolute Gasteiger partial charge is 0.321 e. The molecule has 1 aliphatic carbocycles. The van der Waals surface area contributed by atoms with E-state index in [0.29, 0.717) is 0 Å². The fourth-order valence-corrected chi connectivity index (χ4v) is 3.83. The Morgan fingerprint density at radius 3 is 2.30 bits per heavy atom. The number of hydrogen-bond donors (Lipinski definition) is 2. The third-order valence-corrected chi connectivity index (χ3v) is 5.61. The molecule has 0 spiro atoms.